The molecule has 0 bridgehead atoms. The Morgan fingerprint density at radius 2 is 1.68 bits per heavy atom. The van der Waals surface area contributed by atoms with Gasteiger partial charge in [-0.05, 0) is 104 Å². The zero-order valence-electron chi connectivity index (χ0n) is 21.4. The fourth-order valence-corrected chi connectivity index (χ4v) is 11.0. The van der Waals surface area contributed by atoms with Crippen LogP contribution < -0.4 is 0 Å². The molecule has 4 aliphatic carbocycles. The standard InChI is InChI=1S/C27H44O6S/c1-16-7-12-27(31-15-16)17(2)24-23(32-27)14-22-20-6-5-18-13-19(33-34(28,29)30)8-10-25(18,3)21(20)9-11-26(22,24)4/h16-24H,5-15H2,1-4H3,(H,28,29,30)/t16-,17?,18?,19-,20?,21?,22?,23?,24?,25-,26-,27?/m0/s1. The third-order valence-electron chi connectivity index (χ3n) is 12.1. The van der Waals surface area contributed by atoms with Crippen LogP contribution in [0.15, 0.2) is 0 Å². The Balaban J connectivity index is 1.20. The van der Waals surface area contributed by atoms with Crippen LogP contribution in [0.4, 0.5) is 0 Å². The average Bonchev–Trinajstić information content (AvgIpc) is 3.20. The topological polar surface area (TPSA) is 82.1 Å². The van der Waals surface area contributed by atoms with Gasteiger partial charge in [-0.15, -0.1) is 0 Å². The first-order valence-corrected chi connectivity index (χ1v) is 15.3. The zero-order chi connectivity index (χ0) is 24.1. The predicted molar refractivity (Wildman–Crippen MR) is 128 cm³/mol. The van der Waals surface area contributed by atoms with Crippen molar-refractivity contribution in [3.63, 3.8) is 0 Å². The first kappa shape index (κ1) is 24.1. The lowest BCUT2D eigenvalue weighted by molar-refractivity contribution is -0.273. The number of fused-ring (bicyclic) bond motifs is 7. The predicted octanol–water partition coefficient (Wildman–Crippen LogP) is 5.62. The number of hydrogen-bond acceptors (Lipinski definition) is 5. The van der Waals surface area contributed by atoms with Gasteiger partial charge in [0, 0.05) is 12.3 Å². The van der Waals surface area contributed by atoms with Crippen LogP contribution >= 0.6 is 0 Å². The van der Waals surface area contributed by atoms with Crippen LogP contribution in [-0.2, 0) is 24.1 Å². The Morgan fingerprint density at radius 3 is 2.38 bits per heavy atom. The van der Waals surface area contributed by atoms with Crippen LogP contribution in [0.2, 0.25) is 0 Å². The van der Waals surface area contributed by atoms with Crippen molar-refractivity contribution < 1.29 is 26.6 Å². The van der Waals surface area contributed by atoms with Crippen molar-refractivity contribution in [3.05, 3.63) is 0 Å². The van der Waals surface area contributed by atoms with Gasteiger partial charge in [0.05, 0.1) is 18.8 Å². The van der Waals surface area contributed by atoms with Gasteiger partial charge in [-0.25, -0.2) is 4.18 Å². The summed E-state index contributed by atoms with van der Waals surface area (Å²) >= 11 is 0. The van der Waals surface area contributed by atoms with Crippen LogP contribution in [0.5, 0.6) is 0 Å². The van der Waals surface area contributed by atoms with E-state index in [1.165, 1.54) is 32.1 Å². The number of hydrogen-bond donors (Lipinski definition) is 1. The van der Waals surface area contributed by atoms with Gasteiger partial charge in [-0.1, -0.05) is 27.7 Å². The van der Waals surface area contributed by atoms with E-state index in [0.29, 0.717) is 47.0 Å². The van der Waals surface area contributed by atoms with Gasteiger partial charge < -0.3 is 9.47 Å². The quantitative estimate of drug-likeness (QED) is 0.500. The Labute approximate surface area is 205 Å². The largest absolute Gasteiger partial charge is 0.397 e. The van der Waals surface area contributed by atoms with Gasteiger partial charge in [0.15, 0.2) is 5.79 Å². The van der Waals surface area contributed by atoms with E-state index < -0.39 is 10.4 Å². The van der Waals surface area contributed by atoms with Crippen LogP contribution in [0.1, 0.15) is 91.9 Å². The second-order valence-corrected chi connectivity index (χ2v) is 14.6. The van der Waals surface area contributed by atoms with Gasteiger partial charge in [-0.2, -0.15) is 8.42 Å². The molecule has 12 atom stereocenters. The van der Waals surface area contributed by atoms with Crippen molar-refractivity contribution in [1.82, 2.24) is 0 Å². The monoisotopic (exact) mass is 496 g/mol. The highest BCUT2D eigenvalue weighted by atomic mass is 32.3. The average molecular weight is 497 g/mol. The second-order valence-electron chi connectivity index (χ2n) is 13.6. The molecular formula is C27H44O6S. The smallest absolute Gasteiger partial charge is 0.349 e. The summed E-state index contributed by atoms with van der Waals surface area (Å²) in [5, 5.41) is 0. The first-order chi connectivity index (χ1) is 16.0. The summed E-state index contributed by atoms with van der Waals surface area (Å²) in [6.07, 6.45) is 10.8. The minimum atomic E-state index is -4.38. The van der Waals surface area contributed by atoms with Gasteiger partial charge in [0.2, 0.25) is 0 Å². The molecule has 6 aliphatic rings. The molecule has 6 rings (SSSR count). The SMILES string of the molecule is CC1C2C(CC3C4CCC5C[C@@H](OS(=O)(=O)O)CC[C@]5(C)C4CC[C@@]32C)OC12CC[C@H](C)CO2. The lowest BCUT2D eigenvalue weighted by Crippen LogP contribution is -2.55. The van der Waals surface area contributed by atoms with Gasteiger partial charge >= 0.3 is 10.4 Å². The van der Waals surface area contributed by atoms with Crippen molar-refractivity contribution in [3.8, 4) is 0 Å². The van der Waals surface area contributed by atoms with E-state index in [1.807, 2.05) is 0 Å². The maximum atomic E-state index is 11.3. The molecule has 1 N–H and O–H groups in total. The molecule has 1 spiro atoms. The van der Waals surface area contributed by atoms with Gasteiger partial charge in [0.25, 0.3) is 0 Å². The summed E-state index contributed by atoms with van der Waals surface area (Å²) in [6, 6.07) is 0. The summed E-state index contributed by atoms with van der Waals surface area (Å²) in [5.74, 6) is 3.97. The molecule has 0 aromatic rings. The van der Waals surface area contributed by atoms with Gasteiger partial charge in [-0.3, -0.25) is 4.55 Å². The Kier molecular flexibility index (Phi) is 5.61. The van der Waals surface area contributed by atoms with Crippen molar-refractivity contribution in [2.24, 2.45) is 52.3 Å². The molecule has 4 saturated carbocycles. The van der Waals surface area contributed by atoms with Crippen molar-refractivity contribution in [1.29, 1.82) is 0 Å². The molecule has 0 radical (unpaired) electrons. The number of ether oxygens (including phenoxy) is 2. The molecule has 7 heteroatoms. The molecule has 8 unspecified atom stereocenters. The molecular weight excluding hydrogens is 452 g/mol. The molecule has 0 amide bonds. The maximum absolute atomic E-state index is 11.3. The van der Waals surface area contributed by atoms with Crippen LogP contribution in [0, 0.1) is 52.3 Å². The zero-order valence-corrected chi connectivity index (χ0v) is 22.2. The summed E-state index contributed by atoms with van der Waals surface area (Å²) < 4.78 is 50.1. The molecule has 0 aromatic carbocycles. The van der Waals surface area contributed by atoms with Crippen LogP contribution in [-0.4, -0.2) is 37.6 Å². The minimum absolute atomic E-state index is 0.247. The van der Waals surface area contributed by atoms with E-state index in [2.05, 4.69) is 27.7 Å². The van der Waals surface area contributed by atoms with E-state index in [4.69, 9.17) is 13.7 Å². The molecule has 34 heavy (non-hydrogen) atoms. The third-order valence-corrected chi connectivity index (χ3v) is 12.7. The highest BCUT2D eigenvalue weighted by Crippen LogP contribution is 2.71. The Morgan fingerprint density at radius 1 is 0.912 bits per heavy atom. The normalized spacial score (nSPS) is 57.0. The summed E-state index contributed by atoms with van der Waals surface area (Å²) in [5.41, 5.74) is 0.576. The van der Waals surface area contributed by atoms with Crippen molar-refractivity contribution >= 4 is 10.4 Å². The third kappa shape index (κ3) is 3.50. The molecule has 2 aliphatic heterocycles. The molecule has 2 saturated heterocycles. The summed E-state index contributed by atoms with van der Waals surface area (Å²) in [6.45, 7) is 10.6. The van der Waals surface area contributed by atoms with Crippen molar-refractivity contribution in [2.45, 2.75) is 110 Å². The van der Waals surface area contributed by atoms with Gasteiger partial charge in [0.1, 0.15) is 0 Å². The lowest BCUT2D eigenvalue weighted by atomic mass is 9.44. The van der Waals surface area contributed by atoms with E-state index in [1.54, 1.807) is 0 Å². The van der Waals surface area contributed by atoms with E-state index in [0.717, 1.165) is 44.6 Å². The fraction of sp³-hybridized carbons (Fsp3) is 1.00. The van der Waals surface area contributed by atoms with Crippen LogP contribution in [0.3, 0.4) is 0 Å². The highest BCUT2D eigenvalue weighted by Gasteiger charge is 2.69. The molecule has 6 fully saturated rings. The molecule has 2 heterocycles. The summed E-state index contributed by atoms with van der Waals surface area (Å²) in [4.78, 5) is 0. The van der Waals surface area contributed by atoms with E-state index in [-0.39, 0.29) is 17.3 Å². The Hall–Kier alpha value is -0.210. The molecule has 0 aromatic heterocycles. The minimum Gasteiger partial charge on any atom is -0.349 e. The molecule has 194 valence electrons. The fourth-order valence-electron chi connectivity index (χ4n) is 10.5. The Bertz CT molecular complexity index is 912. The summed E-state index contributed by atoms with van der Waals surface area (Å²) in [7, 11) is -4.38. The van der Waals surface area contributed by atoms with Crippen LogP contribution in [0.25, 0.3) is 0 Å². The lowest BCUT2D eigenvalue weighted by Gasteiger charge is -2.61. The van der Waals surface area contributed by atoms with Crippen molar-refractivity contribution in [2.75, 3.05) is 6.61 Å². The van der Waals surface area contributed by atoms with E-state index in [9.17, 15) is 13.0 Å². The highest BCUT2D eigenvalue weighted by molar-refractivity contribution is 7.80. The molecule has 6 nitrogen and oxygen atoms in total. The first-order valence-electron chi connectivity index (χ1n) is 13.9. The van der Waals surface area contributed by atoms with E-state index >= 15 is 0 Å². The second kappa shape index (κ2) is 7.89. The number of rotatable bonds is 2. The maximum Gasteiger partial charge on any atom is 0.397 e.